The SMILES string of the molecule is C=C(C)Nc1cc(OC)ccc1OC1CCN(C(=O)c2ccc(C(=O)NC3CCN(Cc4ccc(C#N)cc4)CC3)cn2)CC1. The van der Waals surface area contributed by atoms with Crippen molar-refractivity contribution in [3.8, 4) is 17.6 Å². The van der Waals surface area contributed by atoms with Gasteiger partial charge in [0.15, 0.2) is 0 Å². The predicted molar refractivity (Wildman–Crippen MR) is 172 cm³/mol. The first-order valence-electron chi connectivity index (χ1n) is 15.4. The van der Waals surface area contributed by atoms with Gasteiger partial charge in [-0.1, -0.05) is 18.7 Å². The fraction of sp³-hybridized carbons (Fsp3) is 0.371. The van der Waals surface area contributed by atoms with Gasteiger partial charge in [0, 0.05) is 69.6 Å². The van der Waals surface area contributed by atoms with Crippen LogP contribution in [0, 0.1) is 11.3 Å². The zero-order valence-electron chi connectivity index (χ0n) is 25.9. The lowest BCUT2D eigenvalue weighted by atomic mass is 10.0. The number of piperidine rings is 2. The first kappa shape index (κ1) is 31.5. The van der Waals surface area contributed by atoms with Gasteiger partial charge in [0.25, 0.3) is 11.8 Å². The second kappa shape index (κ2) is 14.7. The van der Waals surface area contributed by atoms with Crippen LogP contribution in [0.1, 0.15) is 64.6 Å². The fourth-order valence-electron chi connectivity index (χ4n) is 5.69. The first-order valence-corrected chi connectivity index (χ1v) is 15.4. The second-order valence-corrected chi connectivity index (χ2v) is 11.6. The molecule has 0 spiro atoms. The van der Waals surface area contributed by atoms with Crippen LogP contribution in [0.4, 0.5) is 5.69 Å². The molecular formula is C35H40N6O4. The average Bonchev–Trinajstić information content (AvgIpc) is 3.06. The Hall–Kier alpha value is -4.88. The van der Waals surface area contributed by atoms with Gasteiger partial charge in [-0.2, -0.15) is 5.26 Å². The number of rotatable bonds is 10. The Balaban J connectivity index is 1.07. The number of nitrogens with one attached hydrogen (secondary N) is 2. The Morgan fingerprint density at radius 3 is 2.38 bits per heavy atom. The molecule has 2 amide bonds. The maximum absolute atomic E-state index is 13.2. The molecule has 2 aliphatic rings. The summed E-state index contributed by atoms with van der Waals surface area (Å²) in [6.07, 6.45) is 4.55. The highest BCUT2D eigenvalue weighted by Crippen LogP contribution is 2.32. The zero-order chi connectivity index (χ0) is 31.8. The Kier molecular flexibility index (Phi) is 10.3. The molecule has 0 saturated carbocycles. The number of benzene rings is 2. The number of allylic oxidation sites excluding steroid dienone is 1. The van der Waals surface area contributed by atoms with E-state index in [1.165, 1.54) is 11.8 Å². The van der Waals surface area contributed by atoms with Crippen LogP contribution < -0.4 is 20.1 Å². The van der Waals surface area contributed by atoms with Gasteiger partial charge in [0.05, 0.1) is 30.0 Å². The molecule has 45 heavy (non-hydrogen) atoms. The molecule has 2 aromatic carbocycles. The number of likely N-dealkylation sites (tertiary alicyclic amines) is 2. The van der Waals surface area contributed by atoms with E-state index in [0.717, 1.165) is 49.6 Å². The van der Waals surface area contributed by atoms with Crippen molar-refractivity contribution in [1.82, 2.24) is 20.1 Å². The van der Waals surface area contributed by atoms with E-state index >= 15 is 0 Å². The van der Waals surface area contributed by atoms with Crippen molar-refractivity contribution in [3.63, 3.8) is 0 Å². The molecule has 234 valence electrons. The third-order valence-corrected chi connectivity index (χ3v) is 8.21. The van der Waals surface area contributed by atoms with Crippen molar-refractivity contribution in [3.05, 3.63) is 95.5 Å². The minimum absolute atomic E-state index is 0.0324. The number of carbonyl (C=O) groups is 2. The Labute approximate surface area is 264 Å². The molecule has 2 aliphatic heterocycles. The second-order valence-electron chi connectivity index (χ2n) is 11.6. The van der Waals surface area contributed by atoms with Crippen LogP contribution in [0.15, 0.2) is 73.1 Å². The van der Waals surface area contributed by atoms with Crippen LogP contribution in [0.2, 0.25) is 0 Å². The molecule has 0 aliphatic carbocycles. The summed E-state index contributed by atoms with van der Waals surface area (Å²) in [6, 6.07) is 18.8. The maximum atomic E-state index is 13.2. The van der Waals surface area contributed by atoms with Gasteiger partial charge in [0.2, 0.25) is 0 Å². The molecule has 5 rings (SSSR count). The number of amides is 2. The summed E-state index contributed by atoms with van der Waals surface area (Å²) in [5.41, 5.74) is 4.19. The molecule has 0 unspecified atom stereocenters. The van der Waals surface area contributed by atoms with Gasteiger partial charge in [-0.3, -0.25) is 19.5 Å². The molecule has 10 nitrogen and oxygen atoms in total. The van der Waals surface area contributed by atoms with Gasteiger partial charge >= 0.3 is 0 Å². The molecule has 3 aromatic rings. The van der Waals surface area contributed by atoms with Crippen LogP contribution in [-0.2, 0) is 6.54 Å². The van der Waals surface area contributed by atoms with Crippen molar-refractivity contribution in [1.29, 1.82) is 5.26 Å². The van der Waals surface area contributed by atoms with E-state index in [4.69, 9.17) is 14.7 Å². The Bertz CT molecular complexity index is 1530. The number of carbonyl (C=O) groups excluding carboxylic acids is 2. The van der Waals surface area contributed by atoms with E-state index in [2.05, 4.69) is 33.2 Å². The summed E-state index contributed by atoms with van der Waals surface area (Å²) in [5.74, 6) is 1.11. The number of methoxy groups -OCH3 is 1. The molecule has 1 aromatic heterocycles. The molecule has 10 heteroatoms. The van der Waals surface area contributed by atoms with E-state index in [9.17, 15) is 9.59 Å². The summed E-state index contributed by atoms with van der Waals surface area (Å²) in [6.45, 7) is 9.50. The lowest BCUT2D eigenvalue weighted by Crippen LogP contribution is -2.44. The summed E-state index contributed by atoms with van der Waals surface area (Å²) in [4.78, 5) is 34.6. The summed E-state index contributed by atoms with van der Waals surface area (Å²) in [7, 11) is 1.62. The van der Waals surface area contributed by atoms with E-state index < -0.39 is 0 Å². The van der Waals surface area contributed by atoms with Gasteiger partial charge in [0.1, 0.15) is 23.3 Å². The van der Waals surface area contributed by atoms with E-state index in [0.29, 0.717) is 48.5 Å². The van der Waals surface area contributed by atoms with Gasteiger partial charge in [-0.25, -0.2) is 0 Å². The monoisotopic (exact) mass is 608 g/mol. The highest BCUT2D eigenvalue weighted by Gasteiger charge is 2.27. The smallest absolute Gasteiger partial charge is 0.272 e. The number of pyridine rings is 1. The standard InChI is InChI=1S/C35H40N6O4/c1-24(2)38-32-20-30(44-3)9-11-33(32)45-29-14-18-41(19-15-29)35(43)31-10-8-27(22-37-31)34(42)39-28-12-16-40(17-13-28)23-26-6-4-25(21-36)5-7-26/h4-11,20,22,28-29,38H,1,12-19,23H2,2-3H3,(H,39,42). The first-order chi connectivity index (χ1) is 21.8. The minimum atomic E-state index is -0.177. The number of nitriles is 1. The lowest BCUT2D eigenvalue weighted by molar-refractivity contribution is 0.0590. The van der Waals surface area contributed by atoms with Crippen molar-refractivity contribution >= 4 is 17.5 Å². The van der Waals surface area contributed by atoms with Crippen LogP contribution in [0.5, 0.6) is 11.5 Å². The predicted octanol–water partition coefficient (Wildman–Crippen LogP) is 4.99. The maximum Gasteiger partial charge on any atom is 0.272 e. The number of aromatic nitrogens is 1. The quantitative estimate of drug-likeness (QED) is 0.331. The van der Waals surface area contributed by atoms with Crippen LogP contribution in [0.3, 0.4) is 0 Å². The molecular weight excluding hydrogens is 568 g/mol. The number of hydrogen-bond donors (Lipinski definition) is 2. The Morgan fingerprint density at radius 1 is 1.02 bits per heavy atom. The molecule has 2 fully saturated rings. The van der Waals surface area contributed by atoms with Gasteiger partial charge in [-0.15, -0.1) is 0 Å². The normalized spacial score (nSPS) is 16.0. The number of ether oxygens (including phenoxy) is 2. The summed E-state index contributed by atoms with van der Waals surface area (Å²) in [5, 5.41) is 15.3. The third kappa shape index (κ3) is 8.40. The third-order valence-electron chi connectivity index (χ3n) is 8.21. The number of nitrogens with zero attached hydrogens (tertiary/aromatic N) is 4. The highest BCUT2D eigenvalue weighted by molar-refractivity contribution is 5.96. The molecule has 0 radical (unpaired) electrons. The average molecular weight is 609 g/mol. The van der Waals surface area contributed by atoms with Crippen molar-refractivity contribution < 1.29 is 19.1 Å². The topological polar surface area (TPSA) is 120 Å². The van der Waals surface area contributed by atoms with Crippen LogP contribution in [-0.4, -0.2) is 72.0 Å². The minimum Gasteiger partial charge on any atom is -0.497 e. The van der Waals surface area contributed by atoms with E-state index in [1.54, 1.807) is 24.1 Å². The highest BCUT2D eigenvalue weighted by atomic mass is 16.5. The van der Waals surface area contributed by atoms with E-state index in [-0.39, 0.29) is 24.0 Å². The van der Waals surface area contributed by atoms with Crippen molar-refractivity contribution in [2.75, 3.05) is 38.6 Å². The Morgan fingerprint density at radius 2 is 1.76 bits per heavy atom. The van der Waals surface area contributed by atoms with Crippen molar-refractivity contribution in [2.45, 2.75) is 51.3 Å². The van der Waals surface area contributed by atoms with E-state index in [1.807, 2.05) is 49.4 Å². The summed E-state index contributed by atoms with van der Waals surface area (Å²) >= 11 is 0. The zero-order valence-corrected chi connectivity index (χ0v) is 25.9. The molecule has 2 saturated heterocycles. The fourth-order valence-corrected chi connectivity index (χ4v) is 5.69. The molecule has 0 bridgehead atoms. The van der Waals surface area contributed by atoms with Gasteiger partial charge < -0.3 is 25.0 Å². The van der Waals surface area contributed by atoms with Crippen LogP contribution in [0.25, 0.3) is 0 Å². The van der Waals surface area contributed by atoms with Crippen LogP contribution >= 0.6 is 0 Å². The number of anilines is 1. The molecule has 3 heterocycles. The lowest BCUT2D eigenvalue weighted by Gasteiger charge is -2.32. The summed E-state index contributed by atoms with van der Waals surface area (Å²) < 4.78 is 11.6. The molecule has 2 N–H and O–H groups in total. The van der Waals surface area contributed by atoms with Crippen molar-refractivity contribution in [2.24, 2.45) is 0 Å². The number of hydrogen-bond acceptors (Lipinski definition) is 8. The molecule has 0 atom stereocenters. The largest absolute Gasteiger partial charge is 0.497 e. The van der Waals surface area contributed by atoms with Gasteiger partial charge in [-0.05, 0) is 61.7 Å².